The number of rotatable bonds is 2. The van der Waals surface area contributed by atoms with E-state index in [9.17, 15) is 4.79 Å². The molecular formula is C21H23N3O2. The highest BCUT2D eigenvalue weighted by Gasteiger charge is 2.26. The average Bonchev–Trinajstić information content (AvgIpc) is 3.02. The predicted molar refractivity (Wildman–Crippen MR) is 101 cm³/mol. The molecule has 3 heterocycles. The number of nitrogens with zero attached hydrogens (tertiary/aromatic N) is 3. The molecule has 134 valence electrons. The van der Waals surface area contributed by atoms with Crippen LogP contribution in [0.15, 0.2) is 34.9 Å². The first kappa shape index (κ1) is 16.8. The summed E-state index contributed by atoms with van der Waals surface area (Å²) >= 11 is 0. The molecule has 0 bridgehead atoms. The fourth-order valence-electron chi connectivity index (χ4n) is 3.68. The van der Waals surface area contributed by atoms with Crippen LogP contribution in [-0.2, 0) is 0 Å². The summed E-state index contributed by atoms with van der Waals surface area (Å²) < 4.78 is 5.40. The second-order valence-corrected chi connectivity index (χ2v) is 7.37. The monoisotopic (exact) mass is 349 g/mol. The number of piperidine rings is 1. The molecule has 0 aliphatic carbocycles. The Bertz CT molecular complexity index is 959. The lowest BCUT2D eigenvalue weighted by Gasteiger charge is -2.31. The first-order chi connectivity index (χ1) is 12.5. The quantitative estimate of drug-likeness (QED) is 0.689. The van der Waals surface area contributed by atoms with Crippen molar-refractivity contribution in [3.8, 4) is 11.3 Å². The van der Waals surface area contributed by atoms with Gasteiger partial charge in [-0.1, -0.05) is 41.9 Å². The molecular weight excluding hydrogens is 326 g/mol. The van der Waals surface area contributed by atoms with Crippen LogP contribution in [0.3, 0.4) is 0 Å². The largest absolute Gasteiger partial charge is 0.338 e. The Morgan fingerprint density at radius 3 is 2.73 bits per heavy atom. The van der Waals surface area contributed by atoms with Crippen LogP contribution < -0.4 is 0 Å². The first-order valence-corrected chi connectivity index (χ1v) is 9.16. The van der Waals surface area contributed by atoms with E-state index in [1.807, 2.05) is 49.1 Å². The van der Waals surface area contributed by atoms with Crippen LogP contribution >= 0.6 is 0 Å². The highest BCUT2D eigenvalue weighted by Crippen LogP contribution is 2.29. The van der Waals surface area contributed by atoms with Crippen LogP contribution in [0.2, 0.25) is 0 Å². The topological polar surface area (TPSA) is 59.2 Å². The number of carbonyl (C=O) groups is 1. The molecule has 1 amide bonds. The van der Waals surface area contributed by atoms with Crippen molar-refractivity contribution in [1.82, 2.24) is 15.0 Å². The molecule has 5 nitrogen and oxygen atoms in total. The minimum absolute atomic E-state index is 0.0450. The zero-order valence-electron chi connectivity index (χ0n) is 15.5. The normalized spacial score (nSPS) is 17.7. The molecule has 5 heteroatoms. The number of hydrogen-bond donors (Lipinski definition) is 0. The molecule has 1 atom stereocenters. The number of aromatic nitrogens is 2. The molecule has 1 aliphatic heterocycles. The van der Waals surface area contributed by atoms with Gasteiger partial charge >= 0.3 is 0 Å². The molecule has 1 aliphatic rings. The number of benzene rings is 1. The molecule has 3 aromatic rings. The van der Waals surface area contributed by atoms with E-state index in [1.165, 1.54) is 12.0 Å². The van der Waals surface area contributed by atoms with Gasteiger partial charge in [-0.25, -0.2) is 4.98 Å². The third-order valence-electron chi connectivity index (χ3n) is 5.14. The molecule has 1 fully saturated rings. The van der Waals surface area contributed by atoms with Gasteiger partial charge in [0.1, 0.15) is 0 Å². The molecule has 1 unspecified atom stereocenters. The first-order valence-electron chi connectivity index (χ1n) is 9.16. The van der Waals surface area contributed by atoms with Gasteiger partial charge in [0.15, 0.2) is 0 Å². The highest BCUT2D eigenvalue weighted by molar-refractivity contribution is 6.07. The number of hydrogen-bond acceptors (Lipinski definition) is 4. The van der Waals surface area contributed by atoms with E-state index in [4.69, 9.17) is 4.52 Å². The Balaban J connectivity index is 1.82. The Kier molecular flexibility index (Phi) is 4.23. The Labute approximate surface area is 153 Å². The van der Waals surface area contributed by atoms with E-state index in [0.29, 0.717) is 22.9 Å². The van der Waals surface area contributed by atoms with E-state index in [0.717, 1.165) is 36.2 Å². The van der Waals surface area contributed by atoms with Gasteiger partial charge in [-0.2, -0.15) is 0 Å². The van der Waals surface area contributed by atoms with Crippen molar-refractivity contribution in [2.24, 2.45) is 5.92 Å². The van der Waals surface area contributed by atoms with Gasteiger partial charge in [0.25, 0.3) is 11.6 Å². The average molecular weight is 349 g/mol. The number of fused-ring (bicyclic) bond motifs is 1. The third-order valence-corrected chi connectivity index (χ3v) is 5.14. The molecule has 4 rings (SSSR count). The fourth-order valence-corrected chi connectivity index (χ4v) is 3.68. The molecule has 0 spiro atoms. The van der Waals surface area contributed by atoms with Crippen LogP contribution in [0.1, 0.15) is 41.4 Å². The molecule has 2 aromatic heterocycles. The van der Waals surface area contributed by atoms with Crippen LogP contribution in [0.5, 0.6) is 0 Å². The number of aryl methyl sites for hydroxylation is 2. The Hall–Kier alpha value is -2.69. The maximum Gasteiger partial charge on any atom is 0.259 e. The van der Waals surface area contributed by atoms with Gasteiger partial charge in [-0.15, -0.1) is 0 Å². The van der Waals surface area contributed by atoms with Crippen molar-refractivity contribution in [1.29, 1.82) is 0 Å². The predicted octanol–water partition coefficient (Wildman–Crippen LogP) is 4.38. The van der Waals surface area contributed by atoms with Crippen molar-refractivity contribution < 1.29 is 9.32 Å². The fraction of sp³-hybridized carbons (Fsp3) is 0.381. The lowest BCUT2D eigenvalue weighted by Crippen LogP contribution is -2.39. The van der Waals surface area contributed by atoms with Crippen molar-refractivity contribution in [3.05, 3.63) is 47.2 Å². The molecule has 0 N–H and O–H groups in total. The number of likely N-dealkylation sites (tertiary alicyclic amines) is 1. The molecule has 0 saturated carbocycles. The SMILES string of the molecule is Cc1ccc(-c2cc(C(=O)N3CCCC(C)C3)c3c(C)noc3n2)cc1. The van der Waals surface area contributed by atoms with Crippen molar-refractivity contribution in [3.63, 3.8) is 0 Å². The van der Waals surface area contributed by atoms with Crippen LogP contribution in [0, 0.1) is 19.8 Å². The van der Waals surface area contributed by atoms with Crippen molar-refractivity contribution in [2.75, 3.05) is 13.1 Å². The van der Waals surface area contributed by atoms with Gasteiger partial charge < -0.3 is 9.42 Å². The lowest BCUT2D eigenvalue weighted by molar-refractivity contribution is 0.0685. The number of pyridine rings is 1. The summed E-state index contributed by atoms with van der Waals surface area (Å²) in [7, 11) is 0. The maximum atomic E-state index is 13.3. The minimum Gasteiger partial charge on any atom is -0.338 e. The second kappa shape index (κ2) is 6.56. The maximum absolute atomic E-state index is 13.3. The second-order valence-electron chi connectivity index (χ2n) is 7.37. The summed E-state index contributed by atoms with van der Waals surface area (Å²) in [5, 5.41) is 4.77. The Morgan fingerprint density at radius 1 is 1.23 bits per heavy atom. The van der Waals surface area contributed by atoms with E-state index < -0.39 is 0 Å². The summed E-state index contributed by atoms with van der Waals surface area (Å²) in [5.74, 6) is 0.578. The zero-order valence-corrected chi connectivity index (χ0v) is 15.5. The smallest absolute Gasteiger partial charge is 0.259 e. The minimum atomic E-state index is 0.0450. The summed E-state index contributed by atoms with van der Waals surface area (Å²) in [5.41, 5.74) is 4.65. The summed E-state index contributed by atoms with van der Waals surface area (Å²) in [6, 6.07) is 10.0. The van der Waals surface area contributed by atoms with Crippen LogP contribution in [0.25, 0.3) is 22.4 Å². The molecule has 1 aromatic carbocycles. The highest BCUT2D eigenvalue weighted by atomic mass is 16.5. The summed E-state index contributed by atoms with van der Waals surface area (Å²) in [4.78, 5) is 19.8. The van der Waals surface area contributed by atoms with Gasteiger partial charge in [-0.05, 0) is 38.7 Å². The van der Waals surface area contributed by atoms with Crippen molar-refractivity contribution in [2.45, 2.75) is 33.6 Å². The van der Waals surface area contributed by atoms with Crippen LogP contribution in [0.4, 0.5) is 0 Å². The third kappa shape index (κ3) is 2.98. The molecule has 1 saturated heterocycles. The van der Waals surface area contributed by atoms with E-state index in [-0.39, 0.29) is 5.91 Å². The van der Waals surface area contributed by atoms with Gasteiger partial charge in [0, 0.05) is 18.7 Å². The van der Waals surface area contributed by atoms with Gasteiger partial charge in [0.05, 0.1) is 22.3 Å². The summed E-state index contributed by atoms with van der Waals surface area (Å²) in [6.07, 6.45) is 2.23. The van der Waals surface area contributed by atoms with E-state index in [1.54, 1.807) is 0 Å². The summed E-state index contributed by atoms with van der Waals surface area (Å²) in [6.45, 7) is 7.70. The lowest BCUT2D eigenvalue weighted by atomic mass is 9.98. The number of carbonyl (C=O) groups excluding carboxylic acids is 1. The van der Waals surface area contributed by atoms with Crippen molar-refractivity contribution >= 4 is 17.0 Å². The standard InChI is InChI=1S/C21H23N3O2/c1-13-6-8-16(9-7-13)18-11-17(19-15(3)23-26-20(19)22-18)21(25)24-10-4-5-14(2)12-24/h6-9,11,14H,4-5,10,12H2,1-3H3. The van der Waals surface area contributed by atoms with E-state index in [2.05, 4.69) is 17.1 Å². The van der Waals surface area contributed by atoms with E-state index >= 15 is 0 Å². The molecule has 26 heavy (non-hydrogen) atoms. The number of amides is 1. The van der Waals surface area contributed by atoms with Gasteiger partial charge in [-0.3, -0.25) is 4.79 Å². The van der Waals surface area contributed by atoms with Crippen LogP contribution in [-0.4, -0.2) is 34.0 Å². The van der Waals surface area contributed by atoms with Gasteiger partial charge in [0.2, 0.25) is 0 Å². The Morgan fingerprint density at radius 2 is 2.00 bits per heavy atom. The molecule has 0 radical (unpaired) electrons. The zero-order chi connectivity index (χ0) is 18.3.